The lowest BCUT2D eigenvalue weighted by atomic mass is 10.2. The second-order valence-corrected chi connectivity index (χ2v) is 4.58. The molecule has 0 aliphatic carbocycles. The SMILES string of the molecule is COc1ccc(CNC(=O)CNCc2ccncc2)cc1. The minimum Gasteiger partial charge on any atom is -0.497 e. The smallest absolute Gasteiger partial charge is 0.234 e. The van der Waals surface area contributed by atoms with E-state index in [1.165, 1.54) is 0 Å². The van der Waals surface area contributed by atoms with Crippen LogP contribution in [0.15, 0.2) is 48.8 Å². The zero-order valence-corrected chi connectivity index (χ0v) is 12.0. The molecular weight excluding hydrogens is 266 g/mol. The van der Waals surface area contributed by atoms with Crippen LogP contribution < -0.4 is 15.4 Å². The van der Waals surface area contributed by atoms with Crippen molar-refractivity contribution in [1.82, 2.24) is 15.6 Å². The summed E-state index contributed by atoms with van der Waals surface area (Å²) in [5.41, 5.74) is 2.14. The van der Waals surface area contributed by atoms with Gasteiger partial charge in [0, 0.05) is 25.5 Å². The average molecular weight is 285 g/mol. The third kappa shape index (κ3) is 5.24. The molecule has 0 saturated carbocycles. The molecule has 1 aromatic carbocycles. The number of ether oxygens (including phenoxy) is 1. The van der Waals surface area contributed by atoms with Gasteiger partial charge in [0.25, 0.3) is 0 Å². The number of methoxy groups -OCH3 is 1. The first-order valence-electron chi connectivity index (χ1n) is 6.77. The first-order chi connectivity index (χ1) is 10.3. The molecule has 0 radical (unpaired) electrons. The van der Waals surface area contributed by atoms with E-state index in [0.717, 1.165) is 16.9 Å². The summed E-state index contributed by atoms with van der Waals surface area (Å²) in [5.74, 6) is 0.781. The summed E-state index contributed by atoms with van der Waals surface area (Å²) in [7, 11) is 1.63. The number of pyridine rings is 1. The molecule has 1 heterocycles. The van der Waals surface area contributed by atoms with Crippen LogP contribution in [0.5, 0.6) is 5.75 Å². The number of nitrogens with one attached hydrogen (secondary N) is 2. The molecule has 0 unspecified atom stereocenters. The van der Waals surface area contributed by atoms with Gasteiger partial charge in [-0.15, -0.1) is 0 Å². The van der Waals surface area contributed by atoms with Gasteiger partial charge in [-0.3, -0.25) is 9.78 Å². The van der Waals surface area contributed by atoms with E-state index in [-0.39, 0.29) is 5.91 Å². The lowest BCUT2D eigenvalue weighted by Crippen LogP contribution is -2.33. The van der Waals surface area contributed by atoms with Crippen LogP contribution in [0.2, 0.25) is 0 Å². The van der Waals surface area contributed by atoms with Crippen LogP contribution in [0.3, 0.4) is 0 Å². The summed E-state index contributed by atoms with van der Waals surface area (Å²) in [5, 5.41) is 5.96. The predicted molar refractivity (Wildman–Crippen MR) is 80.8 cm³/mol. The first kappa shape index (κ1) is 15.0. The summed E-state index contributed by atoms with van der Waals surface area (Å²) in [4.78, 5) is 15.7. The van der Waals surface area contributed by atoms with Gasteiger partial charge in [0.1, 0.15) is 5.75 Å². The molecule has 1 aromatic heterocycles. The van der Waals surface area contributed by atoms with E-state index in [0.29, 0.717) is 19.6 Å². The number of amides is 1. The van der Waals surface area contributed by atoms with Gasteiger partial charge in [0.05, 0.1) is 13.7 Å². The standard InChI is InChI=1S/C16H19N3O2/c1-21-15-4-2-13(3-5-15)11-19-16(20)12-18-10-14-6-8-17-9-7-14/h2-9,18H,10-12H2,1H3,(H,19,20). The van der Waals surface area contributed by atoms with Crippen LogP contribution in [-0.2, 0) is 17.9 Å². The topological polar surface area (TPSA) is 63.2 Å². The molecule has 0 spiro atoms. The van der Waals surface area contributed by atoms with Crippen molar-refractivity contribution in [2.75, 3.05) is 13.7 Å². The van der Waals surface area contributed by atoms with E-state index in [4.69, 9.17) is 4.74 Å². The molecule has 2 N–H and O–H groups in total. The molecule has 0 fully saturated rings. The quantitative estimate of drug-likeness (QED) is 0.809. The molecule has 5 nitrogen and oxygen atoms in total. The molecule has 0 aliphatic heterocycles. The van der Waals surface area contributed by atoms with Gasteiger partial charge < -0.3 is 15.4 Å². The van der Waals surface area contributed by atoms with Crippen LogP contribution in [0.25, 0.3) is 0 Å². The summed E-state index contributed by atoms with van der Waals surface area (Å²) < 4.78 is 5.09. The highest BCUT2D eigenvalue weighted by Crippen LogP contribution is 2.10. The van der Waals surface area contributed by atoms with Gasteiger partial charge in [0.2, 0.25) is 5.91 Å². The number of rotatable bonds is 7. The highest BCUT2D eigenvalue weighted by atomic mass is 16.5. The summed E-state index contributed by atoms with van der Waals surface area (Å²) >= 11 is 0. The van der Waals surface area contributed by atoms with Crippen molar-refractivity contribution >= 4 is 5.91 Å². The van der Waals surface area contributed by atoms with E-state index >= 15 is 0 Å². The molecule has 0 atom stereocenters. The summed E-state index contributed by atoms with van der Waals surface area (Å²) in [6.45, 7) is 1.46. The van der Waals surface area contributed by atoms with Crippen molar-refractivity contribution in [2.24, 2.45) is 0 Å². The molecule has 0 bridgehead atoms. The Morgan fingerprint density at radius 1 is 1.05 bits per heavy atom. The summed E-state index contributed by atoms with van der Waals surface area (Å²) in [6, 6.07) is 11.5. The Morgan fingerprint density at radius 2 is 1.71 bits per heavy atom. The number of aromatic nitrogens is 1. The monoisotopic (exact) mass is 285 g/mol. The number of hydrogen-bond donors (Lipinski definition) is 2. The Balaban J connectivity index is 1.67. The Bertz CT molecular complexity index is 555. The molecule has 0 saturated heterocycles. The maximum atomic E-state index is 11.7. The van der Waals surface area contributed by atoms with Gasteiger partial charge in [-0.05, 0) is 35.4 Å². The molecule has 110 valence electrons. The zero-order valence-electron chi connectivity index (χ0n) is 12.0. The van der Waals surface area contributed by atoms with Crippen molar-refractivity contribution in [1.29, 1.82) is 0 Å². The van der Waals surface area contributed by atoms with E-state index in [2.05, 4.69) is 15.6 Å². The van der Waals surface area contributed by atoms with Crippen molar-refractivity contribution in [3.05, 3.63) is 59.9 Å². The third-order valence-corrected chi connectivity index (χ3v) is 3.01. The molecule has 1 amide bonds. The Morgan fingerprint density at radius 3 is 2.38 bits per heavy atom. The third-order valence-electron chi connectivity index (χ3n) is 3.01. The second-order valence-electron chi connectivity index (χ2n) is 4.58. The largest absolute Gasteiger partial charge is 0.497 e. The van der Waals surface area contributed by atoms with Crippen LogP contribution in [0.4, 0.5) is 0 Å². The normalized spacial score (nSPS) is 10.1. The Labute approximate surface area is 124 Å². The molecule has 5 heteroatoms. The van der Waals surface area contributed by atoms with Gasteiger partial charge in [-0.25, -0.2) is 0 Å². The van der Waals surface area contributed by atoms with Crippen LogP contribution >= 0.6 is 0 Å². The number of benzene rings is 1. The Hall–Kier alpha value is -2.40. The van der Waals surface area contributed by atoms with Gasteiger partial charge in [0.15, 0.2) is 0 Å². The number of carbonyl (C=O) groups is 1. The Kier molecular flexibility index (Phi) is 5.72. The van der Waals surface area contributed by atoms with Crippen LogP contribution in [0, 0.1) is 0 Å². The van der Waals surface area contributed by atoms with Crippen molar-refractivity contribution in [2.45, 2.75) is 13.1 Å². The van der Waals surface area contributed by atoms with Crippen molar-refractivity contribution in [3.63, 3.8) is 0 Å². The number of hydrogen-bond acceptors (Lipinski definition) is 4. The fourth-order valence-electron chi connectivity index (χ4n) is 1.83. The van der Waals surface area contributed by atoms with E-state index in [9.17, 15) is 4.79 Å². The lowest BCUT2D eigenvalue weighted by Gasteiger charge is -2.07. The first-order valence-corrected chi connectivity index (χ1v) is 6.77. The van der Waals surface area contributed by atoms with E-state index in [1.54, 1.807) is 19.5 Å². The van der Waals surface area contributed by atoms with Gasteiger partial charge in [-0.1, -0.05) is 12.1 Å². The van der Waals surface area contributed by atoms with Gasteiger partial charge >= 0.3 is 0 Å². The van der Waals surface area contributed by atoms with E-state index in [1.807, 2.05) is 36.4 Å². The fraction of sp³-hybridized carbons (Fsp3) is 0.250. The average Bonchev–Trinajstić information content (AvgIpc) is 2.54. The lowest BCUT2D eigenvalue weighted by molar-refractivity contribution is -0.120. The van der Waals surface area contributed by atoms with E-state index < -0.39 is 0 Å². The fourth-order valence-corrected chi connectivity index (χ4v) is 1.83. The maximum Gasteiger partial charge on any atom is 0.234 e. The zero-order chi connectivity index (χ0) is 14.9. The summed E-state index contributed by atoms with van der Waals surface area (Å²) in [6.07, 6.45) is 3.47. The molecule has 2 rings (SSSR count). The number of nitrogens with zero attached hydrogens (tertiary/aromatic N) is 1. The minimum atomic E-state index is -0.0279. The van der Waals surface area contributed by atoms with Crippen LogP contribution in [-0.4, -0.2) is 24.5 Å². The highest BCUT2D eigenvalue weighted by Gasteiger charge is 2.01. The second kappa shape index (κ2) is 8.01. The highest BCUT2D eigenvalue weighted by molar-refractivity contribution is 5.77. The molecule has 2 aromatic rings. The van der Waals surface area contributed by atoms with Crippen LogP contribution in [0.1, 0.15) is 11.1 Å². The molecule has 21 heavy (non-hydrogen) atoms. The predicted octanol–water partition coefficient (Wildman–Crippen LogP) is 1.50. The van der Waals surface area contributed by atoms with Gasteiger partial charge in [-0.2, -0.15) is 0 Å². The molecule has 0 aliphatic rings. The molecular formula is C16H19N3O2. The maximum absolute atomic E-state index is 11.7. The number of carbonyl (C=O) groups excluding carboxylic acids is 1. The van der Waals surface area contributed by atoms with Crippen molar-refractivity contribution < 1.29 is 9.53 Å². The van der Waals surface area contributed by atoms with Crippen molar-refractivity contribution in [3.8, 4) is 5.75 Å². The minimum absolute atomic E-state index is 0.0279.